The monoisotopic (exact) mass is 357 g/mol. The van der Waals surface area contributed by atoms with Gasteiger partial charge in [0, 0.05) is 37.7 Å². The average Bonchev–Trinajstić information content (AvgIpc) is 3.11. The maximum Gasteiger partial charge on any atom is 0.257 e. The van der Waals surface area contributed by atoms with Gasteiger partial charge in [-0.25, -0.2) is 0 Å². The van der Waals surface area contributed by atoms with Gasteiger partial charge >= 0.3 is 0 Å². The summed E-state index contributed by atoms with van der Waals surface area (Å²) in [5.41, 5.74) is 0.604. The predicted molar refractivity (Wildman–Crippen MR) is 95.7 cm³/mol. The molecule has 7 heteroatoms. The number of hydrogen-bond donors (Lipinski definition) is 2. The lowest BCUT2D eigenvalue weighted by molar-refractivity contribution is -0.125. The molecule has 0 radical (unpaired) electrons. The summed E-state index contributed by atoms with van der Waals surface area (Å²) in [7, 11) is 0. The molecular weight excluding hydrogens is 334 g/mol. The van der Waals surface area contributed by atoms with Crippen molar-refractivity contribution in [1.29, 1.82) is 0 Å². The highest BCUT2D eigenvalue weighted by molar-refractivity contribution is 5.97. The van der Waals surface area contributed by atoms with Crippen LogP contribution in [-0.2, 0) is 9.47 Å². The van der Waals surface area contributed by atoms with Crippen LogP contribution in [0, 0.1) is 0 Å². The van der Waals surface area contributed by atoms with E-state index in [1.54, 1.807) is 23.1 Å². The lowest BCUT2D eigenvalue weighted by Gasteiger charge is -2.41. The first kappa shape index (κ1) is 17.1. The molecule has 0 unspecified atom stereocenters. The van der Waals surface area contributed by atoms with Crippen LogP contribution in [0.4, 0.5) is 0 Å². The number of amides is 1. The van der Waals surface area contributed by atoms with Crippen molar-refractivity contribution in [1.82, 2.24) is 14.8 Å². The minimum absolute atomic E-state index is 0.0123. The number of phenolic OH excluding ortho intramolecular Hbond substituents is 1. The Labute approximate surface area is 152 Å². The van der Waals surface area contributed by atoms with Crippen molar-refractivity contribution in [3.63, 3.8) is 0 Å². The Morgan fingerprint density at radius 1 is 1.23 bits per heavy atom. The van der Waals surface area contributed by atoms with Crippen molar-refractivity contribution in [2.24, 2.45) is 0 Å². The van der Waals surface area contributed by atoms with Gasteiger partial charge in [0.25, 0.3) is 5.91 Å². The third kappa shape index (κ3) is 3.33. The molecule has 1 aromatic carbocycles. The van der Waals surface area contributed by atoms with Crippen LogP contribution in [0.1, 0.15) is 10.4 Å². The second kappa shape index (κ2) is 7.11. The van der Waals surface area contributed by atoms with E-state index in [2.05, 4.69) is 5.32 Å². The highest BCUT2D eigenvalue weighted by Crippen LogP contribution is 2.26. The van der Waals surface area contributed by atoms with E-state index >= 15 is 0 Å². The normalized spacial score (nSPS) is 23.8. The smallest absolute Gasteiger partial charge is 0.257 e. The first-order valence-electron chi connectivity index (χ1n) is 8.85. The third-order valence-corrected chi connectivity index (χ3v) is 4.88. The van der Waals surface area contributed by atoms with Gasteiger partial charge in [-0.2, -0.15) is 0 Å². The molecule has 138 valence electrons. The molecule has 2 aliphatic heterocycles. The molecule has 2 fully saturated rings. The van der Waals surface area contributed by atoms with E-state index in [0.717, 1.165) is 12.2 Å². The van der Waals surface area contributed by atoms with E-state index in [0.29, 0.717) is 45.0 Å². The van der Waals surface area contributed by atoms with Crippen molar-refractivity contribution in [2.45, 2.75) is 5.60 Å². The number of morpholine rings is 1. The largest absolute Gasteiger partial charge is 0.507 e. The van der Waals surface area contributed by atoms with Gasteiger partial charge in [0.1, 0.15) is 11.4 Å². The number of ether oxygens (including phenoxy) is 2. The standard InChI is InChI=1S/C19H23N3O4/c23-17-4-3-15(21-6-1-2-7-21)11-16(17)18(24)22-8-10-26-19(13-22)12-20-5-9-25-14-19/h1-4,6-7,11,20,23H,5,8-10,12-14H2/t19-/m1/s1. The summed E-state index contributed by atoms with van der Waals surface area (Å²) in [6, 6.07) is 8.91. The van der Waals surface area contributed by atoms with Crippen molar-refractivity contribution in [3.05, 3.63) is 48.3 Å². The van der Waals surface area contributed by atoms with E-state index < -0.39 is 5.60 Å². The molecule has 1 atom stereocenters. The molecule has 0 saturated carbocycles. The molecule has 1 spiro atoms. The number of carbonyl (C=O) groups is 1. The Bertz CT molecular complexity index is 767. The van der Waals surface area contributed by atoms with Crippen LogP contribution >= 0.6 is 0 Å². The summed E-state index contributed by atoms with van der Waals surface area (Å²) in [5, 5.41) is 13.6. The Kier molecular flexibility index (Phi) is 4.67. The van der Waals surface area contributed by atoms with E-state index in [4.69, 9.17) is 9.47 Å². The number of aromatic hydroxyl groups is 1. The number of carbonyl (C=O) groups excluding carboxylic acids is 1. The average molecular weight is 357 g/mol. The second-order valence-corrected chi connectivity index (χ2v) is 6.78. The van der Waals surface area contributed by atoms with Crippen molar-refractivity contribution in [3.8, 4) is 11.4 Å². The lowest BCUT2D eigenvalue weighted by Crippen LogP contribution is -2.59. The van der Waals surface area contributed by atoms with Crippen molar-refractivity contribution >= 4 is 5.91 Å². The molecule has 4 rings (SSSR count). The Morgan fingerprint density at radius 2 is 2.08 bits per heavy atom. The topological polar surface area (TPSA) is 76.0 Å². The van der Waals surface area contributed by atoms with Gasteiger partial charge in [-0.05, 0) is 30.3 Å². The molecule has 7 nitrogen and oxygen atoms in total. The Hall–Kier alpha value is -2.35. The van der Waals surface area contributed by atoms with Gasteiger partial charge in [0.05, 0.1) is 31.9 Å². The molecular formula is C19H23N3O4. The van der Waals surface area contributed by atoms with Gasteiger partial charge in [-0.15, -0.1) is 0 Å². The van der Waals surface area contributed by atoms with Gasteiger partial charge in [-0.3, -0.25) is 4.79 Å². The minimum Gasteiger partial charge on any atom is -0.507 e. The summed E-state index contributed by atoms with van der Waals surface area (Å²) >= 11 is 0. The number of benzene rings is 1. The molecule has 1 aromatic heterocycles. The molecule has 2 saturated heterocycles. The van der Waals surface area contributed by atoms with Gasteiger partial charge in [-0.1, -0.05) is 0 Å². The van der Waals surface area contributed by atoms with Gasteiger partial charge < -0.3 is 29.4 Å². The Morgan fingerprint density at radius 3 is 2.92 bits per heavy atom. The third-order valence-electron chi connectivity index (χ3n) is 4.88. The molecule has 2 aromatic rings. The maximum absolute atomic E-state index is 13.1. The summed E-state index contributed by atoms with van der Waals surface area (Å²) < 4.78 is 13.5. The molecule has 0 bridgehead atoms. The van der Waals surface area contributed by atoms with E-state index in [-0.39, 0.29) is 11.7 Å². The molecule has 1 amide bonds. The van der Waals surface area contributed by atoms with Crippen LogP contribution < -0.4 is 5.32 Å². The molecule has 2 aliphatic rings. The fourth-order valence-electron chi connectivity index (χ4n) is 3.52. The number of hydrogen-bond acceptors (Lipinski definition) is 5. The quantitative estimate of drug-likeness (QED) is 0.839. The first-order chi connectivity index (χ1) is 12.7. The molecule has 2 N–H and O–H groups in total. The molecule has 0 aliphatic carbocycles. The van der Waals surface area contributed by atoms with Crippen molar-refractivity contribution in [2.75, 3.05) is 46.0 Å². The summed E-state index contributed by atoms with van der Waals surface area (Å²) in [6.45, 7) is 3.90. The number of aromatic nitrogens is 1. The molecule has 26 heavy (non-hydrogen) atoms. The first-order valence-corrected chi connectivity index (χ1v) is 8.85. The van der Waals surface area contributed by atoms with Crippen LogP contribution in [0.5, 0.6) is 5.75 Å². The second-order valence-electron chi connectivity index (χ2n) is 6.78. The number of phenols is 1. The molecule has 3 heterocycles. The van der Waals surface area contributed by atoms with E-state index in [1.165, 1.54) is 0 Å². The van der Waals surface area contributed by atoms with Gasteiger partial charge in [0.2, 0.25) is 0 Å². The summed E-state index contributed by atoms with van der Waals surface area (Å²) in [6.07, 6.45) is 3.80. The minimum atomic E-state index is -0.530. The van der Waals surface area contributed by atoms with Crippen LogP contribution in [0.25, 0.3) is 5.69 Å². The highest BCUT2D eigenvalue weighted by atomic mass is 16.5. The van der Waals surface area contributed by atoms with Crippen LogP contribution in [-0.4, -0.2) is 72.1 Å². The fraction of sp³-hybridized carbons (Fsp3) is 0.421. The number of rotatable bonds is 2. The zero-order valence-corrected chi connectivity index (χ0v) is 14.6. The number of nitrogens with one attached hydrogen (secondary N) is 1. The van der Waals surface area contributed by atoms with Crippen LogP contribution in [0.2, 0.25) is 0 Å². The summed E-state index contributed by atoms with van der Waals surface area (Å²) in [4.78, 5) is 14.8. The fourth-order valence-corrected chi connectivity index (χ4v) is 3.52. The van der Waals surface area contributed by atoms with E-state index in [1.807, 2.05) is 29.1 Å². The van der Waals surface area contributed by atoms with E-state index in [9.17, 15) is 9.90 Å². The van der Waals surface area contributed by atoms with Crippen molar-refractivity contribution < 1.29 is 19.4 Å². The van der Waals surface area contributed by atoms with Crippen LogP contribution in [0.3, 0.4) is 0 Å². The zero-order valence-electron chi connectivity index (χ0n) is 14.6. The summed E-state index contributed by atoms with van der Waals surface area (Å²) in [5.74, 6) is -0.204. The van der Waals surface area contributed by atoms with Gasteiger partial charge in [0.15, 0.2) is 0 Å². The zero-order chi connectivity index (χ0) is 18.0. The highest BCUT2D eigenvalue weighted by Gasteiger charge is 2.40. The van der Waals surface area contributed by atoms with Crippen LogP contribution in [0.15, 0.2) is 42.7 Å². The lowest BCUT2D eigenvalue weighted by atomic mass is 10.0. The SMILES string of the molecule is O=C(c1cc(-n2cccc2)ccc1O)N1CCO[C@]2(CNCCOC2)C1. The predicted octanol–water partition coefficient (Wildman–Crippen LogP) is 1.01. The Balaban J connectivity index is 1.58. The maximum atomic E-state index is 13.1. The number of nitrogens with zero attached hydrogens (tertiary/aromatic N) is 2.